The second kappa shape index (κ2) is 17.8. The molecule has 3 aromatic rings. The minimum atomic E-state index is -0.939. The molecule has 0 amide bonds. The molecule has 35 heavy (non-hydrogen) atoms. The van der Waals surface area contributed by atoms with E-state index in [0.29, 0.717) is 49.9 Å². The van der Waals surface area contributed by atoms with Crippen LogP contribution in [0.15, 0.2) is 35.4 Å². The van der Waals surface area contributed by atoms with Gasteiger partial charge in [0.1, 0.15) is 14.6 Å². The molecule has 1 aromatic carbocycles. The monoisotopic (exact) mass is 528 g/mol. The van der Waals surface area contributed by atoms with Crippen molar-refractivity contribution in [1.82, 2.24) is 24.6 Å². The Hall–Kier alpha value is -2.56. The number of fused-ring (bicyclic) bond motifs is 1. The number of hydrogen-bond acceptors (Lipinski definition) is 9. The number of nitrogen functional groups attached to an aromatic ring is 1. The number of H-pyrrole nitrogens is 1. The van der Waals surface area contributed by atoms with E-state index in [9.17, 15) is 9.59 Å². The third-order valence-electron chi connectivity index (χ3n) is 4.02. The van der Waals surface area contributed by atoms with Gasteiger partial charge in [0.2, 0.25) is 5.95 Å². The number of benzene rings is 1. The van der Waals surface area contributed by atoms with Gasteiger partial charge in [0.05, 0.1) is 26.1 Å². The largest absolute Gasteiger partial charge is 0.468 e. The van der Waals surface area contributed by atoms with Gasteiger partial charge >= 0.3 is 0 Å². The number of carbonyl (C=O) groups excluding carboxylic acids is 1. The van der Waals surface area contributed by atoms with E-state index in [2.05, 4.69) is 24.8 Å². The zero-order valence-electron chi connectivity index (χ0n) is 20.5. The zero-order chi connectivity index (χ0) is 26.1. The van der Waals surface area contributed by atoms with E-state index in [1.165, 1.54) is 0 Å². The molecule has 1 unspecified atom stereocenters. The molecule has 3 rings (SSSR count). The minimum absolute atomic E-state index is 0.0604. The first-order valence-electron chi connectivity index (χ1n) is 11.2. The molecule has 2 aromatic heterocycles. The number of carbonyl (C=O) groups is 1. The molecular formula is C22H34ClN6O5P. The number of imidazole rings is 1. The summed E-state index contributed by atoms with van der Waals surface area (Å²) in [5, 5.41) is 3.98. The number of aromatic amines is 1. The summed E-state index contributed by atoms with van der Waals surface area (Å²) in [7, 11) is -0.939. The highest BCUT2D eigenvalue weighted by Gasteiger charge is 2.11. The Morgan fingerprint density at radius 2 is 2.09 bits per heavy atom. The summed E-state index contributed by atoms with van der Waals surface area (Å²) in [6.45, 7) is 10.8. The maximum absolute atomic E-state index is 11.8. The second-order valence-corrected chi connectivity index (χ2v) is 8.47. The Morgan fingerprint density at radius 3 is 2.71 bits per heavy atom. The van der Waals surface area contributed by atoms with Gasteiger partial charge in [-0.25, -0.2) is 4.98 Å². The predicted octanol–water partition coefficient (Wildman–Crippen LogP) is 3.67. The van der Waals surface area contributed by atoms with Crippen LogP contribution in [0.2, 0.25) is 5.02 Å². The first-order valence-corrected chi connectivity index (χ1v) is 13.0. The summed E-state index contributed by atoms with van der Waals surface area (Å²) in [5.41, 5.74) is 6.96. The van der Waals surface area contributed by atoms with Crippen LogP contribution in [-0.2, 0) is 31.9 Å². The van der Waals surface area contributed by atoms with Crippen LogP contribution < -0.4 is 16.4 Å². The zero-order valence-corrected chi connectivity index (χ0v) is 22.1. The maximum atomic E-state index is 11.8. The number of anilines is 1. The SMILES string of the molecule is CC.CCNP(COCCn1cnc2c(=O)[nH]c(N)nc21)OCc1cccc(Cl)c1.CCOC=O. The fourth-order valence-corrected chi connectivity index (χ4v) is 4.02. The van der Waals surface area contributed by atoms with Gasteiger partial charge in [-0.1, -0.05) is 44.5 Å². The quantitative estimate of drug-likeness (QED) is 0.182. The van der Waals surface area contributed by atoms with Crippen molar-refractivity contribution in [3.05, 3.63) is 51.5 Å². The van der Waals surface area contributed by atoms with Crippen LogP contribution in [0.3, 0.4) is 0 Å². The number of ether oxygens (including phenoxy) is 2. The summed E-state index contributed by atoms with van der Waals surface area (Å²) in [6, 6.07) is 7.58. The number of nitrogens with one attached hydrogen (secondary N) is 2. The third-order valence-corrected chi connectivity index (χ3v) is 5.79. The first-order chi connectivity index (χ1) is 17.0. The Morgan fingerprint density at radius 1 is 1.31 bits per heavy atom. The van der Waals surface area contributed by atoms with Crippen molar-refractivity contribution in [3.63, 3.8) is 0 Å². The van der Waals surface area contributed by atoms with Crippen LogP contribution >= 0.6 is 19.9 Å². The van der Waals surface area contributed by atoms with E-state index >= 15 is 0 Å². The fourth-order valence-electron chi connectivity index (χ4n) is 2.60. The molecule has 4 N–H and O–H groups in total. The standard InChI is InChI=1S/C17H22ClN6O3P.C3H6O2.C2H6/c1-2-21-28(27-9-12-4-3-5-13(18)8-12)11-26-7-6-24-10-20-14-15(24)22-17(19)23-16(14)25;1-2-5-3-4;1-2/h3-5,8,10,21H,2,6-7,9,11H2,1H3,(H3,19,22,23,25);3H,2H2,1H3;1-2H3. The highest BCUT2D eigenvalue weighted by atomic mass is 35.5. The molecule has 0 bridgehead atoms. The van der Waals surface area contributed by atoms with Gasteiger partial charge in [-0.15, -0.1) is 0 Å². The number of halogens is 1. The maximum Gasteiger partial charge on any atom is 0.293 e. The lowest BCUT2D eigenvalue weighted by Crippen LogP contribution is -2.15. The smallest absolute Gasteiger partial charge is 0.293 e. The van der Waals surface area contributed by atoms with Gasteiger partial charge in [-0.05, 0) is 31.2 Å². The van der Waals surface area contributed by atoms with Crippen LogP contribution in [0, 0.1) is 0 Å². The number of nitrogens with two attached hydrogens (primary N) is 1. The molecule has 0 aliphatic heterocycles. The lowest BCUT2D eigenvalue weighted by molar-refractivity contribution is -0.128. The Kier molecular flexibility index (Phi) is 15.5. The third kappa shape index (κ3) is 11.1. The summed E-state index contributed by atoms with van der Waals surface area (Å²) in [5.74, 6) is 0.0604. The van der Waals surface area contributed by atoms with Crippen molar-refractivity contribution in [2.75, 3.05) is 31.8 Å². The molecule has 0 radical (unpaired) electrons. The van der Waals surface area contributed by atoms with Crippen LogP contribution in [0.4, 0.5) is 5.95 Å². The van der Waals surface area contributed by atoms with Gasteiger partial charge < -0.3 is 24.3 Å². The van der Waals surface area contributed by atoms with Gasteiger partial charge in [-0.2, -0.15) is 4.98 Å². The van der Waals surface area contributed by atoms with E-state index in [1.54, 1.807) is 17.8 Å². The van der Waals surface area contributed by atoms with E-state index in [0.717, 1.165) is 12.1 Å². The summed E-state index contributed by atoms with van der Waals surface area (Å²) < 4.78 is 17.6. The van der Waals surface area contributed by atoms with Gasteiger partial charge in [0.15, 0.2) is 11.2 Å². The highest BCUT2D eigenvalue weighted by molar-refractivity contribution is 7.50. The second-order valence-electron chi connectivity index (χ2n) is 6.44. The molecule has 1 atom stereocenters. The molecule has 0 saturated heterocycles. The van der Waals surface area contributed by atoms with Crippen molar-refractivity contribution in [2.45, 2.75) is 40.8 Å². The number of nitrogens with zero attached hydrogens (tertiary/aromatic N) is 3. The summed E-state index contributed by atoms with van der Waals surface area (Å²) in [6.07, 6.45) is 1.99. The number of aromatic nitrogens is 4. The predicted molar refractivity (Wildman–Crippen MR) is 139 cm³/mol. The Balaban J connectivity index is 0.000000779. The van der Waals surface area contributed by atoms with E-state index in [1.807, 2.05) is 45.0 Å². The number of rotatable bonds is 12. The van der Waals surface area contributed by atoms with Crippen molar-refractivity contribution >= 4 is 43.5 Å². The number of hydrogen-bond donors (Lipinski definition) is 3. The lowest BCUT2D eigenvalue weighted by Gasteiger charge is -2.18. The molecule has 0 saturated carbocycles. The molecule has 2 heterocycles. The molecule has 13 heteroatoms. The van der Waals surface area contributed by atoms with E-state index in [-0.39, 0.29) is 17.0 Å². The van der Waals surface area contributed by atoms with Crippen LogP contribution in [0.1, 0.15) is 33.3 Å². The fraction of sp³-hybridized carbons (Fsp3) is 0.455. The van der Waals surface area contributed by atoms with Crippen molar-refractivity contribution < 1.29 is 18.8 Å². The molecule has 0 fully saturated rings. The summed E-state index contributed by atoms with van der Waals surface area (Å²) >= 11 is 6.00. The lowest BCUT2D eigenvalue weighted by atomic mass is 10.2. The van der Waals surface area contributed by atoms with Gasteiger partial charge in [-0.3, -0.25) is 19.7 Å². The minimum Gasteiger partial charge on any atom is -0.468 e. The highest BCUT2D eigenvalue weighted by Crippen LogP contribution is 2.33. The Labute approximate surface area is 211 Å². The van der Waals surface area contributed by atoms with E-state index in [4.69, 9.17) is 26.6 Å². The molecule has 11 nitrogen and oxygen atoms in total. The van der Waals surface area contributed by atoms with Crippen molar-refractivity contribution in [1.29, 1.82) is 0 Å². The van der Waals surface area contributed by atoms with Crippen LogP contribution in [0.25, 0.3) is 11.2 Å². The summed E-state index contributed by atoms with van der Waals surface area (Å²) in [4.78, 5) is 31.6. The topological polar surface area (TPSA) is 146 Å². The average molecular weight is 529 g/mol. The normalized spacial score (nSPS) is 11.1. The van der Waals surface area contributed by atoms with Gasteiger partial charge in [0.25, 0.3) is 12.0 Å². The first kappa shape index (κ1) is 30.5. The van der Waals surface area contributed by atoms with Crippen LogP contribution in [-0.4, -0.2) is 52.1 Å². The molecule has 194 valence electrons. The molecular weight excluding hydrogens is 495 g/mol. The van der Waals surface area contributed by atoms with Crippen molar-refractivity contribution in [3.8, 4) is 0 Å². The van der Waals surface area contributed by atoms with Gasteiger partial charge in [0, 0.05) is 11.6 Å². The molecule has 0 spiro atoms. The Bertz CT molecular complexity index is 1060. The van der Waals surface area contributed by atoms with E-state index < -0.39 is 8.30 Å². The van der Waals surface area contributed by atoms with Crippen molar-refractivity contribution in [2.24, 2.45) is 0 Å². The molecule has 0 aliphatic carbocycles. The van der Waals surface area contributed by atoms with Crippen LogP contribution in [0.5, 0.6) is 0 Å². The molecule has 0 aliphatic rings. The average Bonchev–Trinajstić information content (AvgIpc) is 3.25.